The third-order valence-electron chi connectivity index (χ3n) is 12.8. The van der Waals surface area contributed by atoms with Gasteiger partial charge < -0.3 is 62.1 Å². The van der Waals surface area contributed by atoms with Crippen molar-refractivity contribution in [1.82, 2.24) is 30.5 Å². The van der Waals surface area contributed by atoms with Gasteiger partial charge in [-0.25, -0.2) is 14.4 Å². The number of anilines is 3. The van der Waals surface area contributed by atoms with Gasteiger partial charge in [0.15, 0.2) is 5.82 Å². The fourth-order valence-corrected chi connectivity index (χ4v) is 9.53. The summed E-state index contributed by atoms with van der Waals surface area (Å²) in [6.07, 6.45) is 4.52. The number of ether oxygens (including phenoxy) is 4. The number of primary amides is 1. The second kappa shape index (κ2) is 27.7. The molecule has 5 aromatic rings. The van der Waals surface area contributed by atoms with Gasteiger partial charge in [-0.3, -0.25) is 29.0 Å². The van der Waals surface area contributed by atoms with E-state index in [-0.39, 0.29) is 119 Å². The number of fused-ring (bicyclic) bond motifs is 1. The Morgan fingerprint density at radius 2 is 1.56 bits per heavy atom. The molecule has 75 heavy (non-hydrogen) atoms. The van der Waals surface area contributed by atoms with Gasteiger partial charge in [-0.2, -0.15) is 0 Å². The molecule has 5 amide bonds. The van der Waals surface area contributed by atoms with Gasteiger partial charge in [-0.05, 0) is 66.3 Å². The summed E-state index contributed by atoms with van der Waals surface area (Å²) in [5.74, 6) is -2.78. The number of benzene rings is 2. The van der Waals surface area contributed by atoms with Crippen LogP contribution in [-0.2, 0) is 49.5 Å². The van der Waals surface area contributed by atoms with E-state index in [1.807, 2.05) is 45.0 Å². The molecule has 0 saturated carbocycles. The van der Waals surface area contributed by atoms with E-state index in [0.717, 1.165) is 21.7 Å². The van der Waals surface area contributed by atoms with E-state index in [1.165, 1.54) is 23.5 Å². The lowest BCUT2D eigenvalue weighted by molar-refractivity contribution is -0.140. The maximum Gasteiger partial charge on any atom is 0.243 e. The molecule has 10 N–H and O–H groups in total. The minimum atomic E-state index is -0.832. The first-order valence-electron chi connectivity index (χ1n) is 24.9. The van der Waals surface area contributed by atoms with Crippen molar-refractivity contribution in [2.75, 3.05) is 82.7 Å². The second-order valence-electron chi connectivity index (χ2n) is 19.3. The van der Waals surface area contributed by atoms with Gasteiger partial charge in [0.2, 0.25) is 29.5 Å². The number of amides is 5. The van der Waals surface area contributed by atoms with Crippen molar-refractivity contribution in [2.24, 2.45) is 17.1 Å². The number of carbonyl (C=O) groups excluding carboxylic acids is 5. The van der Waals surface area contributed by atoms with Crippen LogP contribution in [0.3, 0.4) is 0 Å². The molecule has 3 aromatic heterocycles. The number of halogens is 1. The minimum Gasteiger partial charge on any atom is -0.397 e. The smallest absolute Gasteiger partial charge is 0.243 e. The van der Waals surface area contributed by atoms with Crippen molar-refractivity contribution in [3.63, 3.8) is 0 Å². The number of likely N-dealkylation sites (tertiary alicyclic amines) is 1. The fraction of sp³-hybridized carbons (Fsp3) is 0.472. The van der Waals surface area contributed by atoms with E-state index in [0.29, 0.717) is 60.4 Å². The van der Waals surface area contributed by atoms with Gasteiger partial charge >= 0.3 is 0 Å². The predicted molar refractivity (Wildman–Crippen MR) is 283 cm³/mol. The maximum absolute atomic E-state index is 15.3. The number of carbonyl (C=O) groups is 5. The summed E-state index contributed by atoms with van der Waals surface area (Å²) in [5, 5.41) is 19.8. The van der Waals surface area contributed by atoms with Crippen molar-refractivity contribution >= 4 is 68.8 Å². The zero-order chi connectivity index (χ0) is 54.1. The zero-order valence-electron chi connectivity index (χ0n) is 43.0. The third kappa shape index (κ3) is 16.9. The Balaban J connectivity index is 0.769. The Hall–Kier alpha value is -6.69. The van der Waals surface area contributed by atoms with Crippen LogP contribution >= 0.6 is 11.3 Å². The van der Waals surface area contributed by atoms with Crippen molar-refractivity contribution in [2.45, 2.75) is 84.9 Å². The molecule has 1 aliphatic heterocycles. The number of aliphatic hydroxyl groups excluding tert-OH is 1. The lowest BCUT2D eigenvalue weighted by Gasteiger charge is -2.31. The number of thiazole rings is 1. The Kier molecular flexibility index (Phi) is 21.3. The van der Waals surface area contributed by atoms with Crippen molar-refractivity contribution < 1.29 is 52.4 Å². The summed E-state index contributed by atoms with van der Waals surface area (Å²) < 4.78 is 37.6. The summed E-state index contributed by atoms with van der Waals surface area (Å²) >= 11 is 1.57. The number of aliphatic hydroxyl groups is 1. The molecule has 3 atom stereocenters. The highest BCUT2D eigenvalue weighted by atomic mass is 32.1. The van der Waals surface area contributed by atoms with Crippen molar-refractivity contribution in [3.05, 3.63) is 83.1 Å². The molecule has 1 aliphatic rings. The lowest BCUT2D eigenvalue weighted by Crippen LogP contribution is -2.47. The van der Waals surface area contributed by atoms with Gasteiger partial charge in [0.25, 0.3) is 0 Å². The summed E-state index contributed by atoms with van der Waals surface area (Å²) in [4.78, 5) is 79.4. The summed E-state index contributed by atoms with van der Waals surface area (Å²) in [6.45, 7) is 10.0. The van der Waals surface area contributed by atoms with E-state index >= 15 is 4.39 Å². The molecule has 0 spiro atoms. The van der Waals surface area contributed by atoms with Crippen LogP contribution in [-0.4, -0.2) is 133 Å². The summed E-state index contributed by atoms with van der Waals surface area (Å²) in [5.41, 5.74) is 23.6. The van der Waals surface area contributed by atoms with E-state index in [2.05, 4.69) is 30.9 Å². The number of nitrogens with zero attached hydrogens (tertiary/aromatic N) is 4. The summed E-state index contributed by atoms with van der Waals surface area (Å²) in [7, 11) is 0. The van der Waals surface area contributed by atoms with Crippen LogP contribution in [0.2, 0.25) is 0 Å². The number of nitrogens with two attached hydrogens (primary N) is 3. The van der Waals surface area contributed by atoms with Crippen molar-refractivity contribution in [1.29, 1.82) is 0 Å². The Morgan fingerprint density at radius 3 is 2.24 bits per heavy atom. The van der Waals surface area contributed by atoms with E-state index < -0.39 is 35.2 Å². The van der Waals surface area contributed by atoms with Crippen LogP contribution in [0.15, 0.2) is 60.5 Å². The van der Waals surface area contributed by atoms with Gasteiger partial charge in [0.1, 0.15) is 11.9 Å². The molecular formula is C53H69FN10O10S. The second-order valence-corrected chi connectivity index (χ2v) is 20.1. The normalized spacial score (nSPS) is 15.0. The maximum atomic E-state index is 15.3. The number of nitrogens with one attached hydrogen (secondary N) is 3. The quantitative estimate of drug-likeness (QED) is 0.0250. The van der Waals surface area contributed by atoms with Gasteiger partial charge in [-0.15, -0.1) is 11.3 Å². The predicted octanol–water partition coefficient (Wildman–Crippen LogP) is 4.82. The largest absolute Gasteiger partial charge is 0.397 e. The molecule has 2 aromatic carbocycles. The molecule has 22 heteroatoms. The van der Waals surface area contributed by atoms with E-state index in [9.17, 15) is 29.1 Å². The molecule has 0 aliphatic carbocycles. The molecule has 1 saturated heterocycles. The molecular weight excluding hydrogens is 988 g/mol. The molecule has 6 rings (SSSR count). The topological polar surface area (TPSA) is 299 Å². The molecule has 404 valence electrons. The molecule has 4 heterocycles. The van der Waals surface area contributed by atoms with E-state index in [4.69, 9.17) is 36.1 Å². The first kappa shape index (κ1) is 57.6. The van der Waals surface area contributed by atoms with Crippen LogP contribution in [0, 0.1) is 31.0 Å². The minimum absolute atomic E-state index is 0.0335. The Labute approximate surface area is 439 Å². The number of aromatic nitrogens is 3. The Morgan fingerprint density at radius 1 is 0.880 bits per heavy atom. The lowest BCUT2D eigenvalue weighted by atomic mass is 9.79. The van der Waals surface area contributed by atoms with Crippen LogP contribution in [0.4, 0.5) is 21.6 Å². The highest BCUT2D eigenvalue weighted by molar-refractivity contribution is 7.13. The first-order chi connectivity index (χ1) is 35.9. The number of hydrogen-bond donors (Lipinski definition) is 7. The first-order valence-corrected chi connectivity index (χ1v) is 25.8. The van der Waals surface area contributed by atoms with Gasteiger partial charge in [0.05, 0.1) is 98.5 Å². The standard InChI is InChI=1S/C53H69FN10O10S/c1-32-40(26-58-28-42(32)55)39-20-36-21-44(60-27-41(36)49(56)48(39)54)63-46(67)7-5-6-45(66)59-12-13-71-14-15-72-16-17-73-18-19-74-30-37(51(57)69)23-53(3,4)24-47(68)64-29-38(65)22-43(64)52(70)61-25-34-8-10-35(11-9-34)50-33(2)62-31-75-50/h8-11,20-21,26-28,31,37-38,43,65H,5-7,12-19,22-25,29-30,55-56H2,1-4H3,(H2,57,69)(H,59,66)(H,61,70)(H,60,63,67)/t37?,38-,43+/m1/s1. The summed E-state index contributed by atoms with van der Waals surface area (Å²) in [6, 6.07) is 10.3. The number of aryl methyl sites for hydroxylation is 1. The van der Waals surface area contributed by atoms with Gasteiger partial charge in [-0.1, -0.05) is 38.1 Å². The average Bonchev–Trinajstić information content (AvgIpc) is 3.99. The number of β-amino-alcohol motifs (C(OH)–C–C–N with tert-alkyl or cyclic N) is 1. The van der Waals surface area contributed by atoms with Crippen LogP contribution in [0.1, 0.15) is 69.2 Å². The van der Waals surface area contributed by atoms with E-state index in [1.54, 1.807) is 35.9 Å². The van der Waals surface area contributed by atoms with Crippen LogP contribution < -0.4 is 33.2 Å². The highest BCUT2D eigenvalue weighted by Gasteiger charge is 2.41. The third-order valence-corrected chi connectivity index (χ3v) is 13.8. The average molecular weight is 1060 g/mol. The molecule has 1 unspecified atom stereocenters. The number of hydrogen-bond acceptors (Lipinski definition) is 16. The van der Waals surface area contributed by atoms with Crippen LogP contribution in [0.5, 0.6) is 0 Å². The molecule has 0 bridgehead atoms. The highest BCUT2D eigenvalue weighted by Crippen LogP contribution is 2.37. The zero-order valence-corrected chi connectivity index (χ0v) is 43.8. The number of pyridine rings is 2. The fourth-order valence-electron chi connectivity index (χ4n) is 8.72. The molecule has 20 nitrogen and oxygen atoms in total. The number of rotatable bonds is 29. The Bertz CT molecular complexity index is 2760. The van der Waals surface area contributed by atoms with Crippen LogP contribution in [0.25, 0.3) is 32.3 Å². The number of nitrogen functional groups attached to an aromatic ring is 2. The molecule has 0 radical (unpaired) electrons. The SMILES string of the molecule is Cc1ncsc1-c1ccc(CNC(=O)[C@@H]2C[C@@H](O)CN2C(=O)CC(C)(C)CC(COCCOCCOCCOCCNC(=O)CCCC(=O)Nc2cc3cc(-c4cncc(N)c4C)c(F)c(N)c3cn2)C(N)=O)cc1. The molecule has 1 fully saturated rings. The monoisotopic (exact) mass is 1060 g/mol. The van der Waals surface area contributed by atoms with Crippen molar-refractivity contribution in [3.8, 4) is 21.6 Å². The van der Waals surface area contributed by atoms with Gasteiger partial charge in [0, 0.05) is 74.2 Å².